The van der Waals surface area contributed by atoms with Gasteiger partial charge in [0, 0.05) is 0 Å². The Bertz CT molecular complexity index is 292. The highest BCUT2D eigenvalue weighted by Gasteiger charge is 2.18. The number of carboxylic acids is 1. The van der Waals surface area contributed by atoms with Crippen LogP contribution in [-0.4, -0.2) is 28.3 Å². The van der Waals surface area contributed by atoms with E-state index in [0.29, 0.717) is 0 Å². The standard InChI is InChI=1S/C18H35NO3/c1-2-3-4-5-6-7-8-9-10-11-12-13-14-15-16(20)17(19)18(21)22/h14-17,20H,2-13,19H2,1H3,(H,21,22)/b15-14+/t16-,17+/m1/s1. The zero-order chi connectivity index (χ0) is 16.6. The largest absolute Gasteiger partial charge is 0.480 e. The number of aliphatic carboxylic acids is 1. The zero-order valence-corrected chi connectivity index (χ0v) is 14.2. The van der Waals surface area contributed by atoms with Crippen LogP contribution in [0.15, 0.2) is 12.2 Å². The molecule has 22 heavy (non-hydrogen) atoms. The average molecular weight is 313 g/mol. The van der Waals surface area contributed by atoms with Crippen LogP contribution in [0.3, 0.4) is 0 Å². The van der Waals surface area contributed by atoms with Gasteiger partial charge in [0.25, 0.3) is 0 Å². The molecule has 4 nitrogen and oxygen atoms in total. The first-order valence-corrected chi connectivity index (χ1v) is 8.92. The van der Waals surface area contributed by atoms with Gasteiger partial charge >= 0.3 is 5.97 Å². The number of unbranched alkanes of at least 4 members (excludes halogenated alkanes) is 11. The molecule has 4 N–H and O–H groups in total. The summed E-state index contributed by atoms with van der Waals surface area (Å²) < 4.78 is 0. The third-order valence-corrected chi connectivity index (χ3v) is 3.96. The molecule has 0 rings (SSSR count). The van der Waals surface area contributed by atoms with E-state index in [1.807, 2.05) is 6.08 Å². The van der Waals surface area contributed by atoms with Gasteiger partial charge in [-0.1, -0.05) is 83.3 Å². The topological polar surface area (TPSA) is 83.5 Å². The normalized spacial score (nSPS) is 14.3. The third-order valence-electron chi connectivity index (χ3n) is 3.96. The highest BCUT2D eigenvalue weighted by molar-refractivity contribution is 5.74. The van der Waals surface area contributed by atoms with Crippen molar-refractivity contribution in [1.82, 2.24) is 0 Å². The molecule has 4 heteroatoms. The van der Waals surface area contributed by atoms with E-state index in [2.05, 4.69) is 6.92 Å². The Morgan fingerprint density at radius 3 is 1.86 bits per heavy atom. The van der Waals surface area contributed by atoms with Crippen LogP contribution in [-0.2, 0) is 4.79 Å². The van der Waals surface area contributed by atoms with Gasteiger partial charge in [-0.3, -0.25) is 4.79 Å². The van der Waals surface area contributed by atoms with Gasteiger partial charge in [-0.25, -0.2) is 0 Å². The molecule has 0 spiro atoms. The number of carboxylic acid groups (broad SMARTS) is 1. The van der Waals surface area contributed by atoms with Gasteiger partial charge in [0.1, 0.15) is 6.04 Å². The summed E-state index contributed by atoms with van der Waals surface area (Å²) in [6, 6.07) is -1.23. The molecule has 2 atom stereocenters. The van der Waals surface area contributed by atoms with E-state index < -0.39 is 18.1 Å². The highest BCUT2D eigenvalue weighted by atomic mass is 16.4. The minimum atomic E-state index is -1.23. The van der Waals surface area contributed by atoms with Gasteiger partial charge in [0.05, 0.1) is 6.10 Å². The van der Waals surface area contributed by atoms with Crippen LogP contribution in [0.1, 0.15) is 84.0 Å². The van der Waals surface area contributed by atoms with E-state index in [-0.39, 0.29) is 0 Å². The van der Waals surface area contributed by atoms with Crippen molar-refractivity contribution >= 4 is 5.97 Å². The van der Waals surface area contributed by atoms with Crippen molar-refractivity contribution in [3.05, 3.63) is 12.2 Å². The zero-order valence-electron chi connectivity index (χ0n) is 14.2. The average Bonchev–Trinajstić information content (AvgIpc) is 2.50. The molecule has 0 aliphatic heterocycles. The molecule has 130 valence electrons. The molecule has 0 heterocycles. The second-order valence-corrected chi connectivity index (χ2v) is 6.11. The van der Waals surface area contributed by atoms with Crippen molar-refractivity contribution in [3.63, 3.8) is 0 Å². The summed E-state index contributed by atoms with van der Waals surface area (Å²) in [4.78, 5) is 10.6. The van der Waals surface area contributed by atoms with Crippen LogP contribution in [0.4, 0.5) is 0 Å². The lowest BCUT2D eigenvalue weighted by atomic mass is 10.0. The molecule has 0 fully saturated rings. The van der Waals surface area contributed by atoms with Crippen LogP contribution in [0.2, 0.25) is 0 Å². The molecule has 0 saturated heterocycles. The van der Waals surface area contributed by atoms with Crippen LogP contribution in [0, 0.1) is 0 Å². The van der Waals surface area contributed by atoms with Crippen molar-refractivity contribution in [3.8, 4) is 0 Å². The molecule has 0 aromatic rings. The molecule has 0 amide bonds. The Balaban J connectivity index is 3.31. The summed E-state index contributed by atoms with van der Waals surface area (Å²) in [7, 11) is 0. The number of allylic oxidation sites excluding steroid dienone is 1. The van der Waals surface area contributed by atoms with Gasteiger partial charge in [-0.15, -0.1) is 0 Å². The fourth-order valence-corrected chi connectivity index (χ4v) is 2.43. The monoisotopic (exact) mass is 313 g/mol. The van der Waals surface area contributed by atoms with Gasteiger partial charge in [0.15, 0.2) is 0 Å². The molecular weight excluding hydrogens is 278 g/mol. The van der Waals surface area contributed by atoms with Crippen LogP contribution >= 0.6 is 0 Å². The molecule has 0 aromatic heterocycles. The number of carbonyl (C=O) groups is 1. The Morgan fingerprint density at radius 1 is 0.955 bits per heavy atom. The van der Waals surface area contributed by atoms with Gasteiger partial charge < -0.3 is 15.9 Å². The highest BCUT2D eigenvalue weighted by Crippen LogP contribution is 2.12. The summed E-state index contributed by atoms with van der Waals surface area (Å²) in [5.41, 5.74) is 5.31. The van der Waals surface area contributed by atoms with Crippen molar-refractivity contribution in [1.29, 1.82) is 0 Å². The minimum absolute atomic E-state index is 0.875. The maximum atomic E-state index is 10.6. The number of hydrogen-bond donors (Lipinski definition) is 3. The summed E-state index contributed by atoms with van der Waals surface area (Å²) in [5, 5.41) is 18.1. The summed E-state index contributed by atoms with van der Waals surface area (Å²) >= 11 is 0. The Labute approximate surface area is 135 Å². The number of aliphatic hydroxyl groups excluding tert-OH is 1. The first-order valence-electron chi connectivity index (χ1n) is 8.92. The number of aliphatic hydroxyl groups is 1. The number of nitrogens with two attached hydrogens (primary N) is 1. The van der Waals surface area contributed by atoms with E-state index in [9.17, 15) is 9.90 Å². The first kappa shape index (κ1) is 21.1. The van der Waals surface area contributed by atoms with Crippen molar-refractivity contribution in [2.45, 2.75) is 96.1 Å². The maximum absolute atomic E-state index is 10.6. The predicted octanol–water partition coefficient (Wildman–Crippen LogP) is 4.02. The molecule has 0 aromatic carbocycles. The van der Waals surface area contributed by atoms with E-state index in [0.717, 1.165) is 12.8 Å². The first-order chi connectivity index (χ1) is 10.6. The molecular formula is C18H35NO3. The lowest BCUT2D eigenvalue weighted by Crippen LogP contribution is -2.40. The predicted molar refractivity (Wildman–Crippen MR) is 91.8 cm³/mol. The Kier molecular flexibility index (Phi) is 14.4. The minimum Gasteiger partial charge on any atom is -0.480 e. The number of rotatable bonds is 15. The molecule has 0 radical (unpaired) electrons. The lowest BCUT2D eigenvalue weighted by Gasteiger charge is -2.09. The van der Waals surface area contributed by atoms with Crippen LogP contribution in [0.5, 0.6) is 0 Å². The lowest BCUT2D eigenvalue weighted by molar-refractivity contribution is -0.140. The Morgan fingerprint density at radius 2 is 1.41 bits per heavy atom. The number of hydrogen-bond acceptors (Lipinski definition) is 3. The third kappa shape index (κ3) is 12.8. The van der Waals surface area contributed by atoms with E-state index in [4.69, 9.17) is 10.8 Å². The van der Waals surface area contributed by atoms with Gasteiger partial charge in [-0.2, -0.15) is 0 Å². The second-order valence-electron chi connectivity index (χ2n) is 6.11. The van der Waals surface area contributed by atoms with Gasteiger partial charge in [0.2, 0.25) is 0 Å². The summed E-state index contributed by atoms with van der Waals surface area (Å²) in [6.45, 7) is 2.25. The smallest absolute Gasteiger partial charge is 0.323 e. The Hall–Kier alpha value is -0.870. The summed E-state index contributed by atoms with van der Waals surface area (Å²) in [5.74, 6) is -1.17. The maximum Gasteiger partial charge on any atom is 0.323 e. The van der Waals surface area contributed by atoms with Crippen molar-refractivity contribution in [2.24, 2.45) is 5.73 Å². The fraction of sp³-hybridized carbons (Fsp3) is 0.833. The quantitative estimate of drug-likeness (QED) is 0.315. The molecule has 0 aliphatic carbocycles. The molecule has 0 bridgehead atoms. The van der Waals surface area contributed by atoms with Crippen LogP contribution in [0.25, 0.3) is 0 Å². The summed E-state index contributed by atoms with van der Waals surface area (Å²) in [6.07, 6.45) is 17.5. The molecule has 0 aliphatic rings. The fourth-order valence-electron chi connectivity index (χ4n) is 2.43. The van der Waals surface area contributed by atoms with E-state index in [1.165, 1.54) is 70.3 Å². The van der Waals surface area contributed by atoms with Gasteiger partial charge in [-0.05, 0) is 12.8 Å². The van der Waals surface area contributed by atoms with Crippen molar-refractivity contribution in [2.75, 3.05) is 0 Å². The van der Waals surface area contributed by atoms with E-state index >= 15 is 0 Å². The van der Waals surface area contributed by atoms with Crippen molar-refractivity contribution < 1.29 is 15.0 Å². The SMILES string of the molecule is CCCCCCCCCCCCC/C=C/[C@@H](O)[C@H](N)C(=O)O. The second kappa shape index (κ2) is 15.0. The molecule has 0 unspecified atom stereocenters. The molecule has 0 saturated carbocycles. The van der Waals surface area contributed by atoms with E-state index in [1.54, 1.807) is 0 Å². The van der Waals surface area contributed by atoms with Crippen LogP contribution < -0.4 is 5.73 Å².